The van der Waals surface area contributed by atoms with Gasteiger partial charge in [-0.05, 0) is 24.3 Å². The Bertz CT molecular complexity index is 1050. The van der Waals surface area contributed by atoms with E-state index >= 15 is 0 Å². The van der Waals surface area contributed by atoms with Crippen molar-refractivity contribution in [1.29, 1.82) is 0 Å². The number of rotatable bonds is 5. The van der Waals surface area contributed by atoms with Crippen molar-refractivity contribution in [3.63, 3.8) is 0 Å². The molecule has 1 aliphatic heterocycles. The van der Waals surface area contributed by atoms with E-state index in [1.54, 1.807) is 29.7 Å². The van der Waals surface area contributed by atoms with Crippen molar-refractivity contribution >= 4 is 39.2 Å². The van der Waals surface area contributed by atoms with Crippen LogP contribution in [0.25, 0.3) is 21.8 Å². The Labute approximate surface area is 162 Å². The molecule has 0 bridgehead atoms. The van der Waals surface area contributed by atoms with Crippen LogP contribution in [0.1, 0.15) is 11.8 Å². The molecule has 0 aliphatic carbocycles. The molecule has 4 heterocycles. The molecule has 0 radical (unpaired) electrons. The number of thiazole rings is 1. The summed E-state index contributed by atoms with van der Waals surface area (Å²) in [4.78, 5) is 23.1. The van der Waals surface area contributed by atoms with Crippen molar-refractivity contribution in [2.24, 2.45) is 0 Å². The lowest BCUT2D eigenvalue weighted by Gasteiger charge is -2.36. The molecule has 1 aliphatic rings. The van der Waals surface area contributed by atoms with E-state index in [1.165, 1.54) is 11.8 Å². The Morgan fingerprint density at radius 3 is 2.93 bits per heavy atom. The quantitative estimate of drug-likeness (QED) is 0.474. The van der Waals surface area contributed by atoms with Gasteiger partial charge in [0.05, 0.1) is 28.2 Å². The Morgan fingerprint density at radius 1 is 1.22 bits per heavy atom. The summed E-state index contributed by atoms with van der Waals surface area (Å²) in [6, 6.07) is 11.5. The number of furan rings is 1. The summed E-state index contributed by atoms with van der Waals surface area (Å²) >= 11 is 3.10. The van der Waals surface area contributed by atoms with Crippen LogP contribution in [-0.4, -0.2) is 44.8 Å². The highest BCUT2D eigenvalue weighted by Crippen LogP contribution is 2.31. The molecule has 1 fully saturated rings. The van der Waals surface area contributed by atoms with Gasteiger partial charge in [-0.1, -0.05) is 29.1 Å². The first kappa shape index (κ1) is 16.5. The first-order chi connectivity index (χ1) is 13.3. The highest BCUT2D eigenvalue weighted by atomic mass is 32.2. The number of thioether (sulfide) groups is 1. The van der Waals surface area contributed by atoms with Crippen LogP contribution >= 0.6 is 23.1 Å². The van der Waals surface area contributed by atoms with Gasteiger partial charge in [-0.15, -0.1) is 11.3 Å². The molecule has 4 aromatic rings. The summed E-state index contributed by atoms with van der Waals surface area (Å²) < 4.78 is 12.6. The number of amides is 1. The summed E-state index contributed by atoms with van der Waals surface area (Å²) in [6.07, 6.45) is 1.57. The highest BCUT2D eigenvalue weighted by molar-refractivity contribution is 8.01. The molecule has 136 valence electrons. The lowest BCUT2D eigenvalue weighted by molar-refractivity contribution is -0.133. The standard InChI is InChI=1S/C18H14N4O3S2/c23-15(10-26-18-19-12-4-1-2-6-14(12)27-18)22-8-11(9-22)17-20-16(21-25-17)13-5-3-7-24-13/h1-7,11H,8-10H2. The largest absolute Gasteiger partial charge is 0.461 e. The average molecular weight is 398 g/mol. The predicted molar refractivity (Wildman–Crippen MR) is 102 cm³/mol. The molecule has 5 rings (SSSR count). The molecule has 3 aromatic heterocycles. The first-order valence-electron chi connectivity index (χ1n) is 8.40. The molecule has 1 aromatic carbocycles. The zero-order chi connectivity index (χ0) is 18.2. The van der Waals surface area contributed by atoms with Gasteiger partial charge in [0, 0.05) is 13.1 Å². The van der Waals surface area contributed by atoms with Gasteiger partial charge in [0.25, 0.3) is 0 Å². The number of fused-ring (bicyclic) bond motifs is 1. The maximum Gasteiger partial charge on any atom is 0.238 e. The molecule has 0 N–H and O–H groups in total. The van der Waals surface area contributed by atoms with E-state index in [0.29, 0.717) is 36.3 Å². The van der Waals surface area contributed by atoms with E-state index in [9.17, 15) is 4.79 Å². The Kier molecular flexibility index (Phi) is 4.17. The molecule has 1 saturated heterocycles. The van der Waals surface area contributed by atoms with Crippen molar-refractivity contribution in [2.45, 2.75) is 10.3 Å². The van der Waals surface area contributed by atoms with Crippen molar-refractivity contribution in [1.82, 2.24) is 20.0 Å². The van der Waals surface area contributed by atoms with Crippen LogP contribution in [0.4, 0.5) is 0 Å². The topological polar surface area (TPSA) is 85.3 Å². The van der Waals surface area contributed by atoms with Gasteiger partial charge in [0.1, 0.15) is 0 Å². The maximum atomic E-state index is 12.4. The fourth-order valence-corrected chi connectivity index (χ4v) is 4.84. The minimum absolute atomic E-state index is 0.0811. The molecule has 0 saturated carbocycles. The number of aromatic nitrogens is 3. The number of benzene rings is 1. The molecule has 27 heavy (non-hydrogen) atoms. The zero-order valence-corrected chi connectivity index (χ0v) is 15.7. The number of hydrogen-bond donors (Lipinski definition) is 0. The predicted octanol–water partition coefficient (Wildman–Crippen LogP) is 3.66. The number of hydrogen-bond acceptors (Lipinski definition) is 8. The smallest absolute Gasteiger partial charge is 0.238 e. The van der Waals surface area contributed by atoms with Crippen molar-refractivity contribution in [2.75, 3.05) is 18.8 Å². The second-order valence-electron chi connectivity index (χ2n) is 6.17. The molecule has 9 heteroatoms. The van der Waals surface area contributed by atoms with Crippen LogP contribution < -0.4 is 0 Å². The summed E-state index contributed by atoms with van der Waals surface area (Å²) in [5.41, 5.74) is 0.977. The minimum Gasteiger partial charge on any atom is -0.461 e. The highest BCUT2D eigenvalue weighted by Gasteiger charge is 2.35. The third-order valence-corrected chi connectivity index (χ3v) is 6.52. The van der Waals surface area contributed by atoms with Gasteiger partial charge in [0.15, 0.2) is 10.1 Å². The van der Waals surface area contributed by atoms with E-state index < -0.39 is 0 Å². The number of para-hydroxylation sites is 1. The van der Waals surface area contributed by atoms with Crippen LogP contribution in [0.2, 0.25) is 0 Å². The van der Waals surface area contributed by atoms with Crippen LogP contribution in [-0.2, 0) is 4.79 Å². The minimum atomic E-state index is 0.0811. The van der Waals surface area contributed by atoms with Gasteiger partial charge in [-0.3, -0.25) is 4.79 Å². The first-order valence-corrected chi connectivity index (χ1v) is 10.2. The van der Waals surface area contributed by atoms with E-state index in [4.69, 9.17) is 8.94 Å². The molecular formula is C18H14N4O3S2. The zero-order valence-electron chi connectivity index (χ0n) is 14.1. The molecule has 1 amide bonds. The molecule has 0 spiro atoms. The Morgan fingerprint density at radius 2 is 2.11 bits per heavy atom. The van der Waals surface area contributed by atoms with E-state index in [0.717, 1.165) is 14.6 Å². The molecule has 0 unspecified atom stereocenters. The lowest BCUT2D eigenvalue weighted by atomic mass is 10.0. The fraction of sp³-hybridized carbons (Fsp3) is 0.222. The average Bonchev–Trinajstić information content (AvgIpc) is 3.37. The Hall–Kier alpha value is -2.65. The van der Waals surface area contributed by atoms with Crippen LogP contribution in [0.15, 0.2) is 55.9 Å². The number of carbonyl (C=O) groups excluding carboxylic acids is 1. The van der Waals surface area contributed by atoms with Gasteiger partial charge in [0.2, 0.25) is 17.6 Å². The lowest BCUT2D eigenvalue weighted by Crippen LogP contribution is -2.49. The molecular weight excluding hydrogens is 384 g/mol. The maximum absolute atomic E-state index is 12.4. The summed E-state index contributed by atoms with van der Waals surface area (Å²) in [6.45, 7) is 1.19. The van der Waals surface area contributed by atoms with Crippen molar-refractivity contribution < 1.29 is 13.7 Å². The van der Waals surface area contributed by atoms with Gasteiger partial charge in [-0.25, -0.2) is 4.98 Å². The normalized spacial score (nSPS) is 14.6. The summed E-state index contributed by atoms with van der Waals surface area (Å²) in [5, 5.41) is 3.93. The van der Waals surface area contributed by atoms with Gasteiger partial charge >= 0.3 is 0 Å². The Balaban J connectivity index is 1.15. The fourth-order valence-electron chi connectivity index (χ4n) is 2.87. The van der Waals surface area contributed by atoms with Crippen LogP contribution in [0.5, 0.6) is 0 Å². The van der Waals surface area contributed by atoms with Crippen LogP contribution in [0, 0.1) is 0 Å². The second-order valence-corrected chi connectivity index (χ2v) is 8.42. The van der Waals surface area contributed by atoms with Gasteiger partial charge < -0.3 is 13.8 Å². The third-order valence-electron chi connectivity index (χ3n) is 4.36. The molecule has 7 nitrogen and oxygen atoms in total. The van der Waals surface area contributed by atoms with Gasteiger partial charge in [-0.2, -0.15) is 4.98 Å². The monoisotopic (exact) mass is 398 g/mol. The third kappa shape index (κ3) is 3.24. The van der Waals surface area contributed by atoms with Crippen LogP contribution in [0.3, 0.4) is 0 Å². The van der Waals surface area contributed by atoms with E-state index in [-0.39, 0.29) is 11.8 Å². The van der Waals surface area contributed by atoms with E-state index in [2.05, 4.69) is 15.1 Å². The van der Waals surface area contributed by atoms with Crippen molar-refractivity contribution in [3.05, 3.63) is 48.6 Å². The number of carbonyl (C=O) groups is 1. The molecule has 0 atom stereocenters. The number of nitrogens with zero attached hydrogens (tertiary/aromatic N) is 4. The summed E-state index contributed by atoms with van der Waals surface area (Å²) in [7, 11) is 0. The second kappa shape index (κ2) is 6.82. The SMILES string of the molecule is O=C(CSc1nc2ccccc2s1)N1CC(c2nc(-c3ccco3)no2)C1. The van der Waals surface area contributed by atoms with E-state index in [1.807, 2.05) is 29.2 Å². The number of likely N-dealkylation sites (tertiary alicyclic amines) is 1. The summed E-state index contributed by atoms with van der Waals surface area (Å²) in [5.74, 6) is 2.12. The van der Waals surface area contributed by atoms with Crippen molar-refractivity contribution in [3.8, 4) is 11.6 Å².